The number of aliphatic hydroxyl groups excluding tert-OH is 1. The molecular weight excluding hydrogens is 286 g/mol. The number of benzene rings is 1. The van der Waals surface area contributed by atoms with Gasteiger partial charge in [0.15, 0.2) is 0 Å². The van der Waals surface area contributed by atoms with Crippen molar-refractivity contribution in [2.24, 2.45) is 11.1 Å². The number of alkyl halides is 3. The van der Waals surface area contributed by atoms with Crippen LogP contribution in [0.1, 0.15) is 31.0 Å². The molecule has 1 atom stereocenters. The molecule has 0 fully saturated rings. The summed E-state index contributed by atoms with van der Waals surface area (Å²) in [6, 6.07) is 0.0276. The molecule has 0 heterocycles. The smallest absolute Gasteiger partial charge is 0.396 e. The van der Waals surface area contributed by atoms with Gasteiger partial charge in [-0.25, -0.2) is 4.39 Å². The first-order valence-corrected chi connectivity index (χ1v) is 5.81. The fraction of sp³-hybridized carbons (Fsp3) is 0.500. The van der Waals surface area contributed by atoms with E-state index in [0.717, 1.165) is 0 Å². The van der Waals surface area contributed by atoms with Crippen LogP contribution in [0.2, 0.25) is 5.02 Å². The lowest BCUT2D eigenvalue weighted by molar-refractivity contribution is -0.137. The second-order valence-electron chi connectivity index (χ2n) is 4.98. The molecule has 19 heavy (non-hydrogen) atoms. The maximum absolute atomic E-state index is 13.8. The lowest BCUT2D eigenvalue weighted by Gasteiger charge is -2.30. The van der Waals surface area contributed by atoms with Crippen LogP contribution in [0, 0.1) is 11.2 Å². The molecule has 0 unspecified atom stereocenters. The predicted octanol–water partition coefficient (Wildman–Crippen LogP) is 3.52. The molecular formula is C12H14ClF4NO. The molecule has 0 aliphatic carbocycles. The van der Waals surface area contributed by atoms with Crippen molar-refractivity contribution < 1.29 is 22.7 Å². The number of nitrogens with two attached hydrogens (primary N) is 1. The fourth-order valence-corrected chi connectivity index (χ4v) is 1.75. The van der Waals surface area contributed by atoms with Gasteiger partial charge < -0.3 is 10.8 Å². The molecule has 3 N–H and O–H groups in total. The van der Waals surface area contributed by atoms with E-state index in [1.165, 1.54) is 13.8 Å². The van der Waals surface area contributed by atoms with Gasteiger partial charge in [-0.2, -0.15) is 13.2 Å². The van der Waals surface area contributed by atoms with Crippen molar-refractivity contribution >= 4 is 11.6 Å². The first-order valence-electron chi connectivity index (χ1n) is 5.43. The normalized spacial score (nSPS) is 14.6. The van der Waals surface area contributed by atoms with E-state index in [4.69, 9.17) is 22.4 Å². The summed E-state index contributed by atoms with van der Waals surface area (Å²) >= 11 is 5.47. The summed E-state index contributed by atoms with van der Waals surface area (Å²) in [5.41, 5.74) is 3.33. The Morgan fingerprint density at radius 2 is 1.84 bits per heavy atom. The first-order chi connectivity index (χ1) is 8.50. The van der Waals surface area contributed by atoms with Crippen molar-refractivity contribution in [1.82, 2.24) is 0 Å². The molecule has 0 spiro atoms. The molecule has 0 aliphatic rings. The largest absolute Gasteiger partial charge is 0.416 e. The summed E-state index contributed by atoms with van der Waals surface area (Å²) in [7, 11) is 0. The third-order valence-electron chi connectivity index (χ3n) is 2.97. The molecule has 2 nitrogen and oxygen atoms in total. The Morgan fingerprint density at radius 3 is 2.26 bits per heavy atom. The average molecular weight is 300 g/mol. The highest BCUT2D eigenvalue weighted by molar-refractivity contribution is 6.30. The van der Waals surface area contributed by atoms with Crippen molar-refractivity contribution in [3.63, 3.8) is 0 Å². The van der Waals surface area contributed by atoms with E-state index < -0.39 is 40.6 Å². The molecule has 1 aromatic rings. The maximum Gasteiger partial charge on any atom is 0.416 e. The Balaban J connectivity index is 3.39. The van der Waals surface area contributed by atoms with Crippen LogP contribution in [-0.4, -0.2) is 11.7 Å². The minimum atomic E-state index is -4.64. The van der Waals surface area contributed by atoms with Crippen LogP contribution in [0.15, 0.2) is 12.1 Å². The van der Waals surface area contributed by atoms with Gasteiger partial charge in [0.2, 0.25) is 0 Å². The van der Waals surface area contributed by atoms with Gasteiger partial charge >= 0.3 is 6.18 Å². The van der Waals surface area contributed by atoms with Gasteiger partial charge in [-0.15, -0.1) is 0 Å². The van der Waals surface area contributed by atoms with Gasteiger partial charge in [0, 0.05) is 23.6 Å². The second kappa shape index (κ2) is 5.26. The number of hydrogen-bond donors (Lipinski definition) is 2. The average Bonchev–Trinajstić information content (AvgIpc) is 2.30. The Hall–Kier alpha value is -0.850. The summed E-state index contributed by atoms with van der Waals surface area (Å²) < 4.78 is 51.8. The number of aliphatic hydroxyl groups is 1. The topological polar surface area (TPSA) is 46.2 Å². The van der Waals surface area contributed by atoms with Crippen LogP contribution >= 0.6 is 11.6 Å². The van der Waals surface area contributed by atoms with Crippen molar-refractivity contribution in [1.29, 1.82) is 0 Å². The molecule has 108 valence electrons. The van der Waals surface area contributed by atoms with Gasteiger partial charge in [0.05, 0.1) is 10.6 Å². The van der Waals surface area contributed by atoms with E-state index in [9.17, 15) is 17.6 Å². The molecule has 7 heteroatoms. The third kappa shape index (κ3) is 3.38. The van der Waals surface area contributed by atoms with Crippen molar-refractivity contribution in [2.45, 2.75) is 26.1 Å². The van der Waals surface area contributed by atoms with Crippen molar-refractivity contribution in [3.05, 3.63) is 34.1 Å². The lowest BCUT2D eigenvalue weighted by Crippen LogP contribution is -2.33. The molecule has 0 saturated carbocycles. The predicted molar refractivity (Wildman–Crippen MR) is 64.2 cm³/mol. The molecule has 1 aromatic carbocycles. The molecule has 0 aliphatic heterocycles. The van der Waals surface area contributed by atoms with E-state index in [0.29, 0.717) is 12.1 Å². The van der Waals surface area contributed by atoms with Gasteiger partial charge in [-0.3, -0.25) is 0 Å². The lowest BCUT2D eigenvalue weighted by atomic mass is 9.81. The SMILES string of the molecule is CC(C)(CO)[C@@H](N)c1cc(C(F)(F)F)cc(Cl)c1F. The van der Waals surface area contributed by atoms with Gasteiger partial charge in [0.1, 0.15) is 5.82 Å². The quantitative estimate of drug-likeness (QED) is 0.839. The zero-order valence-corrected chi connectivity index (χ0v) is 11.1. The highest BCUT2D eigenvalue weighted by Gasteiger charge is 2.35. The van der Waals surface area contributed by atoms with Crippen LogP contribution in [0.25, 0.3) is 0 Å². The van der Waals surface area contributed by atoms with Gasteiger partial charge in [-0.05, 0) is 12.1 Å². The molecule has 0 amide bonds. The summed E-state index contributed by atoms with van der Waals surface area (Å²) in [4.78, 5) is 0. The summed E-state index contributed by atoms with van der Waals surface area (Å²) in [6.45, 7) is 2.64. The Morgan fingerprint density at radius 1 is 1.32 bits per heavy atom. The van der Waals surface area contributed by atoms with Crippen LogP contribution < -0.4 is 5.73 Å². The Labute approximate surface area is 113 Å². The molecule has 0 aromatic heterocycles. The highest BCUT2D eigenvalue weighted by Crippen LogP contribution is 2.38. The minimum Gasteiger partial charge on any atom is -0.396 e. The van der Waals surface area contributed by atoms with Gasteiger partial charge in [0.25, 0.3) is 0 Å². The van der Waals surface area contributed by atoms with E-state index in [-0.39, 0.29) is 5.56 Å². The summed E-state index contributed by atoms with van der Waals surface area (Å²) in [5.74, 6) is -0.997. The number of hydrogen-bond acceptors (Lipinski definition) is 2. The van der Waals surface area contributed by atoms with Crippen LogP contribution in [0.3, 0.4) is 0 Å². The molecule has 0 bridgehead atoms. The third-order valence-corrected chi connectivity index (χ3v) is 3.24. The highest BCUT2D eigenvalue weighted by atomic mass is 35.5. The maximum atomic E-state index is 13.8. The zero-order chi connectivity index (χ0) is 15.0. The fourth-order valence-electron chi connectivity index (χ4n) is 1.52. The second-order valence-corrected chi connectivity index (χ2v) is 5.39. The molecule has 0 saturated heterocycles. The van der Waals surface area contributed by atoms with Crippen molar-refractivity contribution in [2.75, 3.05) is 6.61 Å². The molecule has 1 rings (SSSR count). The van der Waals surface area contributed by atoms with Crippen LogP contribution in [-0.2, 0) is 6.18 Å². The summed E-state index contributed by atoms with van der Waals surface area (Å²) in [6.07, 6.45) is -4.64. The Kier molecular flexibility index (Phi) is 4.49. The summed E-state index contributed by atoms with van der Waals surface area (Å²) in [5, 5.41) is 8.51. The van der Waals surface area contributed by atoms with E-state index >= 15 is 0 Å². The van der Waals surface area contributed by atoms with E-state index in [1.54, 1.807) is 0 Å². The zero-order valence-electron chi connectivity index (χ0n) is 10.4. The minimum absolute atomic E-state index is 0.362. The van der Waals surface area contributed by atoms with E-state index in [2.05, 4.69) is 0 Å². The van der Waals surface area contributed by atoms with Gasteiger partial charge in [-0.1, -0.05) is 25.4 Å². The Bertz CT molecular complexity index is 474. The van der Waals surface area contributed by atoms with E-state index in [1.807, 2.05) is 0 Å². The van der Waals surface area contributed by atoms with Crippen LogP contribution in [0.4, 0.5) is 17.6 Å². The standard InChI is InChI=1S/C12H14ClF4NO/c1-11(2,5-19)10(18)7-3-6(12(15,16)17)4-8(13)9(7)14/h3-4,10,19H,5,18H2,1-2H3/t10-/m0/s1. The number of halogens is 5. The first kappa shape index (κ1) is 16.2. The molecule has 0 radical (unpaired) electrons. The number of rotatable bonds is 3. The van der Waals surface area contributed by atoms with Crippen LogP contribution in [0.5, 0.6) is 0 Å². The monoisotopic (exact) mass is 299 g/mol. The van der Waals surface area contributed by atoms with Crippen molar-refractivity contribution in [3.8, 4) is 0 Å².